The second kappa shape index (κ2) is 9.07. The second-order valence-electron chi connectivity index (χ2n) is 5.60. The van der Waals surface area contributed by atoms with Crippen molar-refractivity contribution in [1.29, 1.82) is 0 Å². The Hall–Kier alpha value is -2.89. The summed E-state index contributed by atoms with van der Waals surface area (Å²) >= 11 is 9.87. The summed E-state index contributed by atoms with van der Waals surface area (Å²) in [6.07, 6.45) is 0. The number of nitrogens with zero attached hydrogens (tertiary/aromatic N) is 2. The molecule has 0 bridgehead atoms. The van der Waals surface area contributed by atoms with E-state index in [1.54, 1.807) is 0 Å². The summed E-state index contributed by atoms with van der Waals surface area (Å²) in [5, 5.41) is 18.8. The van der Waals surface area contributed by atoms with Crippen LogP contribution in [0.25, 0.3) is 11.3 Å². The van der Waals surface area contributed by atoms with Gasteiger partial charge in [0.2, 0.25) is 0 Å². The number of ether oxygens (including phenoxy) is 1. The molecule has 0 fully saturated rings. The monoisotopic (exact) mass is 492 g/mol. The first kappa shape index (κ1) is 20.8. The van der Waals surface area contributed by atoms with Crippen LogP contribution in [0.1, 0.15) is 10.4 Å². The molecule has 29 heavy (non-hydrogen) atoms. The smallest absolute Gasteiger partial charge is 0.311 e. The number of halogens is 1. The number of nitrogens with one attached hydrogen (secondary N) is 2. The summed E-state index contributed by atoms with van der Waals surface area (Å²) < 4.78 is 5.90. The summed E-state index contributed by atoms with van der Waals surface area (Å²) in [4.78, 5) is 27.3. The van der Waals surface area contributed by atoms with Crippen molar-refractivity contribution >= 4 is 61.3 Å². The SMILES string of the molecule is COc1ccc(C(=O)NC(=S)Nc2nc(-c3ccc(Br)cc3)cs2)cc1[N+](=O)[O-]. The number of carbonyl (C=O) groups is 1. The molecule has 0 aliphatic heterocycles. The first-order valence-corrected chi connectivity index (χ1v) is 10.1. The van der Waals surface area contributed by atoms with Crippen molar-refractivity contribution in [1.82, 2.24) is 10.3 Å². The Kier molecular flexibility index (Phi) is 6.52. The van der Waals surface area contributed by atoms with E-state index in [0.717, 1.165) is 21.8 Å². The first-order chi connectivity index (χ1) is 13.9. The second-order valence-corrected chi connectivity index (χ2v) is 7.78. The summed E-state index contributed by atoms with van der Waals surface area (Å²) in [5.41, 5.74) is 1.48. The highest BCUT2D eigenvalue weighted by molar-refractivity contribution is 9.10. The Balaban J connectivity index is 1.66. The highest BCUT2D eigenvalue weighted by Crippen LogP contribution is 2.28. The maximum atomic E-state index is 12.4. The molecule has 3 aromatic rings. The molecular weight excluding hydrogens is 480 g/mol. The van der Waals surface area contributed by atoms with Crippen molar-refractivity contribution < 1.29 is 14.5 Å². The van der Waals surface area contributed by atoms with Gasteiger partial charge < -0.3 is 10.1 Å². The van der Waals surface area contributed by atoms with Crippen LogP contribution in [-0.2, 0) is 0 Å². The van der Waals surface area contributed by atoms with Gasteiger partial charge in [0.1, 0.15) is 0 Å². The van der Waals surface area contributed by atoms with Gasteiger partial charge in [0.25, 0.3) is 5.91 Å². The van der Waals surface area contributed by atoms with Crippen molar-refractivity contribution in [2.24, 2.45) is 0 Å². The van der Waals surface area contributed by atoms with E-state index in [9.17, 15) is 14.9 Å². The van der Waals surface area contributed by atoms with Crippen molar-refractivity contribution in [2.45, 2.75) is 0 Å². The molecule has 8 nitrogen and oxygen atoms in total. The van der Waals surface area contributed by atoms with Crippen LogP contribution in [0.2, 0.25) is 0 Å². The number of thiocarbonyl (C=S) groups is 1. The Bertz CT molecular complexity index is 1090. The van der Waals surface area contributed by atoms with Gasteiger partial charge in [-0.3, -0.25) is 20.2 Å². The molecule has 0 unspecified atom stereocenters. The fourth-order valence-corrected chi connectivity index (χ4v) is 3.60. The van der Waals surface area contributed by atoms with Crippen LogP contribution in [0.3, 0.4) is 0 Å². The lowest BCUT2D eigenvalue weighted by molar-refractivity contribution is -0.385. The van der Waals surface area contributed by atoms with Crippen LogP contribution < -0.4 is 15.4 Å². The van der Waals surface area contributed by atoms with E-state index in [4.69, 9.17) is 17.0 Å². The van der Waals surface area contributed by atoms with Gasteiger partial charge >= 0.3 is 5.69 Å². The van der Waals surface area contributed by atoms with Gasteiger partial charge in [-0.05, 0) is 36.5 Å². The van der Waals surface area contributed by atoms with Crippen molar-refractivity contribution in [3.63, 3.8) is 0 Å². The van der Waals surface area contributed by atoms with Gasteiger partial charge in [0.05, 0.1) is 17.7 Å². The minimum absolute atomic E-state index is 0.0326. The third kappa shape index (κ3) is 5.13. The molecule has 2 aromatic carbocycles. The highest BCUT2D eigenvalue weighted by Gasteiger charge is 2.19. The molecule has 0 spiro atoms. The lowest BCUT2D eigenvalue weighted by atomic mass is 10.2. The van der Waals surface area contributed by atoms with Crippen LogP contribution >= 0.6 is 39.5 Å². The minimum Gasteiger partial charge on any atom is -0.490 e. The summed E-state index contributed by atoms with van der Waals surface area (Å²) in [6.45, 7) is 0. The normalized spacial score (nSPS) is 10.3. The van der Waals surface area contributed by atoms with Crippen LogP contribution in [0.4, 0.5) is 10.8 Å². The van der Waals surface area contributed by atoms with Crippen LogP contribution in [-0.4, -0.2) is 28.0 Å². The standard InChI is InChI=1S/C18H13BrN4O4S2/c1-27-15-7-4-11(8-14(15)23(25)26)16(24)21-17(28)22-18-20-13(9-29-18)10-2-5-12(19)6-3-10/h2-9H,1H3,(H2,20,21,22,24,28). The zero-order valence-electron chi connectivity index (χ0n) is 14.8. The molecule has 0 radical (unpaired) electrons. The number of methoxy groups -OCH3 is 1. The first-order valence-electron chi connectivity index (χ1n) is 8.03. The maximum absolute atomic E-state index is 12.4. The summed E-state index contributed by atoms with van der Waals surface area (Å²) in [7, 11) is 1.32. The van der Waals surface area contributed by atoms with Crippen LogP contribution in [0, 0.1) is 10.1 Å². The van der Waals surface area contributed by atoms with Crippen molar-refractivity contribution in [2.75, 3.05) is 12.4 Å². The fraction of sp³-hybridized carbons (Fsp3) is 0.0556. The summed E-state index contributed by atoms with van der Waals surface area (Å²) in [6, 6.07) is 11.6. The predicted octanol–water partition coefficient (Wildman–Crippen LogP) is 4.62. The number of nitro benzene ring substituents is 1. The number of aromatic nitrogens is 1. The van der Waals surface area contributed by atoms with E-state index in [1.165, 1.54) is 30.6 Å². The number of nitro groups is 1. The van der Waals surface area contributed by atoms with Gasteiger partial charge in [-0.15, -0.1) is 11.3 Å². The number of anilines is 1. The molecule has 2 N–H and O–H groups in total. The molecule has 0 aliphatic rings. The van der Waals surface area contributed by atoms with Gasteiger partial charge in [-0.1, -0.05) is 28.1 Å². The third-order valence-electron chi connectivity index (χ3n) is 3.73. The zero-order chi connectivity index (χ0) is 21.0. The average Bonchev–Trinajstić information content (AvgIpc) is 3.16. The number of thiazole rings is 1. The molecule has 3 rings (SSSR count). The van der Waals surface area contributed by atoms with Crippen LogP contribution in [0.15, 0.2) is 52.3 Å². The number of rotatable bonds is 5. The highest BCUT2D eigenvalue weighted by atomic mass is 79.9. The molecule has 0 saturated carbocycles. The van der Waals surface area contributed by atoms with E-state index >= 15 is 0 Å². The molecule has 1 aromatic heterocycles. The van der Waals surface area contributed by atoms with Gasteiger partial charge in [-0.2, -0.15) is 0 Å². The fourth-order valence-electron chi connectivity index (χ4n) is 2.36. The Morgan fingerprint density at radius 1 is 1.28 bits per heavy atom. The molecular formula is C18H13BrN4O4S2. The van der Waals surface area contributed by atoms with Crippen molar-refractivity contribution in [3.8, 4) is 17.0 Å². The molecule has 148 valence electrons. The Labute approximate surface area is 183 Å². The minimum atomic E-state index is -0.620. The van der Waals surface area contributed by atoms with E-state index in [1.807, 2.05) is 29.6 Å². The topological polar surface area (TPSA) is 106 Å². The Morgan fingerprint density at radius 2 is 2.00 bits per heavy atom. The quantitative estimate of drug-likeness (QED) is 0.304. The largest absolute Gasteiger partial charge is 0.490 e. The van der Waals surface area contributed by atoms with E-state index in [2.05, 4.69) is 31.5 Å². The van der Waals surface area contributed by atoms with E-state index in [-0.39, 0.29) is 22.1 Å². The number of carbonyl (C=O) groups excluding carboxylic acids is 1. The number of hydrogen-bond acceptors (Lipinski definition) is 7. The van der Waals surface area contributed by atoms with Gasteiger partial charge in [0.15, 0.2) is 16.0 Å². The molecule has 0 saturated heterocycles. The molecule has 0 aliphatic carbocycles. The zero-order valence-corrected chi connectivity index (χ0v) is 18.1. The summed E-state index contributed by atoms with van der Waals surface area (Å²) in [5.74, 6) is -0.520. The van der Waals surface area contributed by atoms with E-state index in [0.29, 0.717) is 5.13 Å². The maximum Gasteiger partial charge on any atom is 0.311 e. The average molecular weight is 493 g/mol. The van der Waals surface area contributed by atoms with Crippen LogP contribution in [0.5, 0.6) is 5.75 Å². The number of benzene rings is 2. The number of hydrogen-bond donors (Lipinski definition) is 2. The number of amides is 1. The molecule has 11 heteroatoms. The van der Waals surface area contributed by atoms with Crippen molar-refractivity contribution in [3.05, 3.63) is 68.0 Å². The lowest BCUT2D eigenvalue weighted by Crippen LogP contribution is -2.34. The molecule has 1 heterocycles. The molecule has 0 atom stereocenters. The third-order valence-corrected chi connectivity index (χ3v) is 5.22. The van der Waals surface area contributed by atoms with E-state index < -0.39 is 10.8 Å². The Morgan fingerprint density at radius 3 is 2.66 bits per heavy atom. The molecule has 1 amide bonds. The predicted molar refractivity (Wildman–Crippen MR) is 119 cm³/mol. The van der Waals surface area contributed by atoms with Gasteiger partial charge in [0, 0.05) is 27.0 Å². The lowest BCUT2D eigenvalue weighted by Gasteiger charge is -2.08. The van der Waals surface area contributed by atoms with Gasteiger partial charge in [-0.25, -0.2) is 4.98 Å².